The number of nitrogens with one attached hydrogen (secondary N) is 1. The molecule has 0 saturated carbocycles. The molecule has 3 aromatic carbocycles. The molecule has 2 aliphatic rings. The molecule has 5 rings (SSSR count). The van der Waals surface area contributed by atoms with E-state index in [1.807, 2.05) is 31.2 Å². The highest BCUT2D eigenvalue weighted by Gasteiger charge is 2.37. The minimum Gasteiger partial charge on any atom is -0.454 e. The van der Waals surface area contributed by atoms with Crippen molar-refractivity contribution in [1.82, 2.24) is 4.90 Å². The van der Waals surface area contributed by atoms with Gasteiger partial charge in [0.25, 0.3) is 11.7 Å². The number of anilines is 2. The molecule has 3 aromatic rings. The van der Waals surface area contributed by atoms with Gasteiger partial charge in [0, 0.05) is 18.3 Å². The van der Waals surface area contributed by atoms with E-state index in [0.717, 1.165) is 11.1 Å². The molecule has 0 atom stereocenters. The Labute approximate surface area is 207 Å². The number of carbonyl (C=O) groups excluding carboxylic acids is 4. The van der Waals surface area contributed by atoms with Crippen LogP contribution in [0.2, 0.25) is 0 Å². The zero-order valence-corrected chi connectivity index (χ0v) is 19.5. The molecular formula is C27H23N3O6. The molecule has 0 fully saturated rings. The van der Waals surface area contributed by atoms with Crippen LogP contribution in [-0.4, -0.2) is 48.3 Å². The Morgan fingerprint density at radius 2 is 1.72 bits per heavy atom. The molecular weight excluding hydrogens is 462 g/mol. The van der Waals surface area contributed by atoms with E-state index in [4.69, 9.17) is 9.47 Å². The first-order chi connectivity index (χ1) is 17.4. The van der Waals surface area contributed by atoms with Gasteiger partial charge in [0.1, 0.15) is 13.1 Å². The van der Waals surface area contributed by atoms with Gasteiger partial charge in [-0.05, 0) is 42.3 Å². The number of fused-ring (bicyclic) bond motifs is 2. The number of ether oxygens (including phenoxy) is 2. The molecule has 0 aliphatic carbocycles. The summed E-state index contributed by atoms with van der Waals surface area (Å²) >= 11 is 0. The summed E-state index contributed by atoms with van der Waals surface area (Å²) in [6.45, 7) is 1.59. The van der Waals surface area contributed by atoms with E-state index in [0.29, 0.717) is 22.9 Å². The monoisotopic (exact) mass is 485 g/mol. The van der Waals surface area contributed by atoms with E-state index >= 15 is 0 Å². The number of Topliss-reactive ketones (excluding diaryl/α,β-unsaturated/α-hetero) is 1. The Bertz CT molecular complexity index is 1390. The predicted molar refractivity (Wildman–Crippen MR) is 131 cm³/mol. The number of nitrogens with zero attached hydrogens (tertiary/aromatic N) is 2. The quantitative estimate of drug-likeness (QED) is 0.516. The highest BCUT2D eigenvalue weighted by atomic mass is 16.7. The van der Waals surface area contributed by atoms with Crippen LogP contribution in [0.1, 0.15) is 21.5 Å². The minimum absolute atomic E-state index is 0.117. The van der Waals surface area contributed by atoms with Crippen molar-refractivity contribution in [2.24, 2.45) is 0 Å². The van der Waals surface area contributed by atoms with Crippen molar-refractivity contribution in [3.05, 3.63) is 83.4 Å². The van der Waals surface area contributed by atoms with Crippen LogP contribution >= 0.6 is 0 Å². The molecule has 36 heavy (non-hydrogen) atoms. The van der Waals surface area contributed by atoms with Crippen LogP contribution in [0.4, 0.5) is 11.4 Å². The number of ketones is 1. The summed E-state index contributed by atoms with van der Waals surface area (Å²) < 4.78 is 10.6. The second kappa shape index (κ2) is 9.53. The highest BCUT2D eigenvalue weighted by Crippen LogP contribution is 2.34. The second-order valence-electron chi connectivity index (χ2n) is 8.53. The summed E-state index contributed by atoms with van der Waals surface area (Å²) in [4.78, 5) is 53.9. The molecule has 9 heteroatoms. The SMILES string of the molecule is Cc1ccccc1CN(CC(=O)Nc1ccc2c(c1)OCO2)C(=O)CN1C(=O)C(=O)c2ccccc21. The average Bonchev–Trinajstić information content (AvgIpc) is 3.43. The van der Waals surface area contributed by atoms with E-state index in [2.05, 4.69) is 5.32 Å². The maximum Gasteiger partial charge on any atom is 0.299 e. The van der Waals surface area contributed by atoms with Crippen molar-refractivity contribution in [2.75, 3.05) is 30.1 Å². The number of benzene rings is 3. The molecule has 0 spiro atoms. The highest BCUT2D eigenvalue weighted by molar-refractivity contribution is 6.52. The van der Waals surface area contributed by atoms with Crippen molar-refractivity contribution in [1.29, 1.82) is 0 Å². The second-order valence-corrected chi connectivity index (χ2v) is 8.53. The lowest BCUT2D eigenvalue weighted by Gasteiger charge is -2.26. The van der Waals surface area contributed by atoms with Crippen LogP contribution in [0.5, 0.6) is 11.5 Å². The standard InChI is InChI=1S/C27H23N3O6/c1-17-6-2-3-7-18(17)13-29(14-24(31)28-19-10-11-22-23(12-19)36-16-35-22)25(32)15-30-21-9-5-4-8-20(21)26(33)27(30)34/h2-12H,13-16H2,1H3,(H,28,31). The zero-order chi connectivity index (χ0) is 25.2. The lowest BCUT2D eigenvalue weighted by Crippen LogP contribution is -2.45. The van der Waals surface area contributed by atoms with Gasteiger partial charge in [-0.1, -0.05) is 36.4 Å². The molecule has 1 N–H and O–H groups in total. The Kier molecular flexibility index (Phi) is 6.12. The van der Waals surface area contributed by atoms with Gasteiger partial charge in [0.2, 0.25) is 18.6 Å². The molecule has 2 heterocycles. The Morgan fingerprint density at radius 1 is 0.972 bits per heavy atom. The van der Waals surface area contributed by atoms with E-state index in [1.165, 1.54) is 9.80 Å². The Hall–Kier alpha value is -4.66. The van der Waals surface area contributed by atoms with Crippen LogP contribution in [0, 0.1) is 6.92 Å². The van der Waals surface area contributed by atoms with Gasteiger partial charge in [0.05, 0.1) is 11.3 Å². The molecule has 0 radical (unpaired) electrons. The smallest absolute Gasteiger partial charge is 0.299 e. The fourth-order valence-electron chi connectivity index (χ4n) is 4.21. The molecule has 2 aliphatic heterocycles. The van der Waals surface area contributed by atoms with Crippen LogP contribution in [-0.2, 0) is 20.9 Å². The van der Waals surface area contributed by atoms with Crippen LogP contribution in [0.3, 0.4) is 0 Å². The summed E-state index contributed by atoms with van der Waals surface area (Å²) in [5.41, 5.74) is 2.99. The Morgan fingerprint density at radius 3 is 2.56 bits per heavy atom. The van der Waals surface area contributed by atoms with Gasteiger partial charge in [-0.15, -0.1) is 0 Å². The number of aryl methyl sites for hydroxylation is 1. The third-order valence-corrected chi connectivity index (χ3v) is 6.14. The van der Waals surface area contributed by atoms with Gasteiger partial charge >= 0.3 is 0 Å². The largest absolute Gasteiger partial charge is 0.454 e. The van der Waals surface area contributed by atoms with Crippen LogP contribution < -0.4 is 19.7 Å². The molecule has 3 amide bonds. The molecule has 9 nitrogen and oxygen atoms in total. The molecule has 0 bridgehead atoms. The predicted octanol–water partition coefficient (Wildman–Crippen LogP) is 2.92. The van der Waals surface area contributed by atoms with E-state index in [1.54, 1.807) is 42.5 Å². The maximum atomic E-state index is 13.4. The molecule has 0 unspecified atom stereocenters. The average molecular weight is 485 g/mol. The number of hydrogen-bond donors (Lipinski definition) is 1. The van der Waals surface area contributed by atoms with Gasteiger partial charge in [0.15, 0.2) is 11.5 Å². The maximum absolute atomic E-state index is 13.4. The first-order valence-electron chi connectivity index (χ1n) is 11.4. The fraction of sp³-hybridized carbons (Fsp3) is 0.185. The lowest BCUT2D eigenvalue weighted by molar-refractivity contribution is -0.134. The number of amides is 3. The van der Waals surface area contributed by atoms with Crippen molar-refractivity contribution in [2.45, 2.75) is 13.5 Å². The van der Waals surface area contributed by atoms with Crippen molar-refractivity contribution in [3.8, 4) is 11.5 Å². The summed E-state index contributed by atoms with van der Waals surface area (Å²) in [6.07, 6.45) is 0. The van der Waals surface area contributed by atoms with Gasteiger partial charge in [-0.3, -0.25) is 24.1 Å². The van der Waals surface area contributed by atoms with Gasteiger partial charge in [-0.25, -0.2) is 0 Å². The van der Waals surface area contributed by atoms with E-state index in [-0.39, 0.29) is 32.0 Å². The van der Waals surface area contributed by atoms with E-state index < -0.39 is 23.5 Å². The Balaban J connectivity index is 1.35. The third kappa shape index (κ3) is 4.50. The van der Waals surface area contributed by atoms with Crippen LogP contribution in [0.25, 0.3) is 0 Å². The number of rotatable bonds is 7. The minimum atomic E-state index is -0.759. The van der Waals surface area contributed by atoms with Crippen LogP contribution in [0.15, 0.2) is 66.7 Å². The zero-order valence-electron chi connectivity index (χ0n) is 19.5. The molecule has 182 valence electrons. The van der Waals surface area contributed by atoms with E-state index in [9.17, 15) is 19.2 Å². The summed E-state index contributed by atoms with van der Waals surface area (Å²) in [5.74, 6) is -1.17. The van der Waals surface area contributed by atoms with Crippen molar-refractivity contribution < 1.29 is 28.7 Å². The number of hydrogen-bond acceptors (Lipinski definition) is 6. The van der Waals surface area contributed by atoms with Crippen molar-refractivity contribution in [3.63, 3.8) is 0 Å². The topological polar surface area (TPSA) is 105 Å². The van der Waals surface area contributed by atoms with Gasteiger partial charge in [-0.2, -0.15) is 0 Å². The first-order valence-corrected chi connectivity index (χ1v) is 11.4. The summed E-state index contributed by atoms with van der Waals surface area (Å²) in [6, 6.07) is 19.1. The molecule has 0 saturated heterocycles. The lowest BCUT2D eigenvalue weighted by atomic mass is 10.1. The fourth-order valence-corrected chi connectivity index (χ4v) is 4.21. The van der Waals surface area contributed by atoms with Gasteiger partial charge < -0.3 is 19.7 Å². The number of carbonyl (C=O) groups is 4. The normalized spacial score (nSPS) is 13.5. The van der Waals surface area contributed by atoms with Crippen molar-refractivity contribution >= 4 is 34.9 Å². The summed E-state index contributed by atoms with van der Waals surface area (Å²) in [7, 11) is 0. The third-order valence-electron chi connectivity index (χ3n) is 6.14. The summed E-state index contributed by atoms with van der Waals surface area (Å²) in [5, 5.41) is 2.78. The number of para-hydroxylation sites is 1. The molecule has 0 aromatic heterocycles. The first kappa shape index (κ1) is 23.1.